The number of ketones is 1. The molecular formula is C24H23FN4O6. The maximum absolute atomic E-state index is 13.4. The first-order valence-corrected chi connectivity index (χ1v) is 10.9. The zero-order chi connectivity index (χ0) is 25.3. The van der Waals surface area contributed by atoms with E-state index >= 15 is 0 Å². The van der Waals surface area contributed by atoms with Gasteiger partial charge in [0.2, 0.25) is 5.78 Å². The number of aromatic nitrogens is 2. The van der Waals surface area contributed by atoms with Gasteiger partial charge in [-0.2, -0.15) is 0 Å². The van der Waals surface area contributed by atoms with Crippen LogP contribution in [0, 0.1) is 5.82 Å². The van der Waals surface area contributed by atoms with E-state index in [1.165, 1.54) is 37.0 Å². The lowest BCUT2D eigenvalue weighted by Gasteiger charge is -2.29. The Balaban J connectivity index is 1.82. The number of benzene rings is 1. The van der Waals surface area contributed by atoms with E-state index in [2.05, 4.69) is 15.6 Å². The number of amides is 2. The van der Waals surface area contributed by atoms with Gasteiger partial charge in [-0.25, -0.2) is 4.39 Å². The number of pyridine rings is 2. The number of rotatable bonds is 7. The van der Waals surface area contributed by atoms with Crippen LogP contribution in [0.1, 0.15) is 34.3 Å². The van der Waals surface area contributed by atoms with E-state index < -0.39 is 40.6 Å². The van der Waals surface area contributed by atoms with Crippen LogP contribution in [0.5, 0.6) is 11.5 Å². The molecule has 0 fully saturated rings. The predicted octanol–water partition coefficient (Wildman–Crippen LogP) is 1.05. The van der Waals surface area contributed by atoms with Gasteiger partial charge in [0.1, 0.15) is 28.5 Å². The molecule has 0 aliphatic carbocycles. The van der Waals surface area contributed by atoms with Crippen molar-refractivity contribution in [2.24, 2.45) is 0 Å². The normalized spacial score (nSPS) is 14.3. The van der Waals surface area contributed by atoms with E-state index in [-0.39, 0.29) is 48.4 Å². The molecule has 2 amide bonds. The molecule has 1 aliphatic heterocycles. The number of likely N-dealkylation sites (N-methyl/N-ethyl adjacent to an activating group) is 1. The number of Topliss-reactive ketones (excluding diaryl/α,β-unsaturated/α-hetero) is 1. The van der Waals surface area contributed by atoms with Gasteiger partial charge < -0.3 is 20.5 Å². The lowest BCUT2D eigenvalue weighted by molar-refractivity contribution is -0.137. The van der Waals surface area contributed by atoms with Crippen LogP contribution in [0.3, 0.4) is 0 Å². The first kappa shape index (κ1) is 23.9. The van der Waals surface area contributed by atoms with E-state index in [9.17, 15) is 28.7 Å². The van der Waals surface area contributed by atoms with Crippen LogP contribution in [0.25, 0.3) is 11.0 Å². The summed E-state index contributed by atoms with van der Waals surface area (Å²) in [6.45, 7) is -0.0185. The maximum atomic E-state index is 13.4. The summed E-state index contributed by atoms with van der Waals surface area (Å²) in [5, 5.41) is 15.3. The van der Waals surface area contributed by atoms with E-state index in [1.807, 2.05) is 0 Å². The smallest absolute Gasteiger partial charge is 0.287 e. The van der Waals surface area contributed by atoms with Gasteiger partial charge in [-0.05, 0) is 24.1 Å². The highest BCUT2D eigenvalue weighted by Crippen LogP contribution is 2.38. The van der Waals surface area contributed by atoms with Crippen LogP contribution in [0.2, 0.25) is 0 Å². The molecule has 10 nitrogen and oxygen atoms in total. The minimum absolute atomic E-state index is 0.0148. The summed E-state index contributed by atoms with van der Waals surface area (Å²) in [7, 11) is 2.69. The van der Waals surface area contributed by atoms with Gasteiger partial charge in [-0.1, -0.05) is 12.1 Å². The average Bonchev–Trinajstić information content (AvgIpc) is 2.86. The number of hydrogen-bond acceptors (Lipinski definition) is 7. The van der Waals surface area contributed by atoms with Gasteiger partial charge in [0.25, 0.3) is 17.4 Å². The third kappa shape index (κ3) is 4.44. The number of halogens is 1. The van der Waals surface area contributed by atoms with Crippen LogP contribution in [-0.2, 0) is 22.6 Å². The molecule has 1 aromatic carbocycles. The molecule has 0 saturated heterocycles. The Morgan fingerprint density at radius 3 is 2.57 bits per heavy atom. The molecule has 0 saturated carbocycles. The molecular weight excluding hydrogens is 459 g/mol. The topological polar surface area (TPSA) is 140 Å². The molecule has 3 heterocycles. The van der Waals surface area contributed by atoms with Crippen LogP contribution in [-0.4, -0.2) is 52.5 Å². The minimum atomic E-state index is -0.769. The van der Waals surface area contributed by atoms with Gasteiger partial charge in [0.15, 0.2) is 11.5 Å². The standard InChI is InChI=1S/C24H23FN4O6/c1-26-22(32)16(30)8-7-15-11-29-19-18(20(31)17(24(29)34)23(33)27-2)28-10-13(21(19)35-15)9-12-3-5-14(25)6-4-12/h3-6,10,15,31H,7-9,11H2,1-2H3,(H,26,32)(H,27,33)/t15-/m1/s1. The highest BCUT2D eigenvalue weighted by atomic mass is 19.1. The third-order valence-electron chi connectivity index (χ3n) is 5.88. The summed E-state index contributed by atoms with van der Waals surface area (Å²) in [5.41, 5.74) is 0.361. The van der Waals surface area contributed by atoms with Crippen molar-refractivity contribution in [2.45, 2.75) is 31.9 Å². The molecule has 3 aromatic rings. The zero-order valence-electron chi connectivity index (χ0n) is 19.1. The summed E-state index contributed by atoms with van der Waals surface area (Å²) in [6, 6.07) is 5.85. The molecule has 1 aliphatic rings. The summed E-state index contributed by atoms with van der Waals surface area (Å²) in [4.78, 5) is 53.5. The fourth-order valence-corrected chi connectivity index (χ4v) is 4.09. The highest BCUT2D eigenvalue weighted by Gasteiger charge is 2.32. The Hall–Kier alpha value is -4.28. The number of nitrogens with one attached hydrogen (secondary N) is 2. The lowest BCUT2D eigenvalue weighted by atomic mass is 10.0. The number of carbonyl (C=O) groups excluding carboxylic acids is 3. The monoisotopic (exact) mass is 482 g/mol. The van der Waals surface area contributed by atoms with Gasteiger partial charge in [-0.3, -0.25) is 28.7 Å². The number of hydrogen-bond donors (Lipinski definition) is 3. The van der Waals surface area contributed by atoms with Gasteiger partial charge >= 0.3 is 0 Å². The third-order valence-corrected chi connectivity index (χ3v) is 5.88. The van der Waals surface area contributed by atoms with Gasteiger partial charge in [0.05, 0.1) is 6.54 Å². The fourth-order valence-electron chi connectivity index (χ4n) is 4.09. The number of ether oxygens (including phenoxy) is 1. The van der Waals surface area contributed by atoms with Crippen LogP contribution >= 0.6 is 0 Å². The van der Waals surface area contributed by atoms with Crippen molar-refractivity contribution in [1.29, 1.82) is 0 Å². The Labute approximate surface area is 198 Å². The number of carbonyl (C=O) groups is 3. The van der Waals surface area contributed by atoms with E-state index in [0.717, 1.165) is 5.56 Å². The van der Waals surface area contributed by atoms with Crippen LogP contribution in [0.4, 0.5) is 4.39 Å². The van der Waals surface area contributed by atoms with Crippen molar-refractivity contribution in [2.75, 3.05) is 14.1 Å². The SMILES string of the molecule is CNC(=O)C(=O)CC[C@@H]1Cn2c(=O)c(C(=O)NC)c(O)c3ncc(Cc4ccc(F)cc4)c(c32)O1. The van der Waals surface area contributed by atoms with Crippen molar-refractivity contribution in [1.82, 2.24) is 20.2 Å². The molecule has 4 rings (SSSR count). The quantitative estimate of drug-likeness (QED) is 0.428. The molecule has 35 heavy (non-hydrogen) atoms. The second-order valence-electron chi connectivity index (χ2n) is 8.11. The van der Waals surface area contributed by atoms with Gasteiger partial charge in [-0.15, -0.1) is 0 Å². The Kier molecular flexibility index (Phi) is 6.50. The molecule has 2 aromatic heterocycles. The second-order valence-corrected chi connectivity index (χ2v) is 8.11. The zero-order valence-corrected chi connectivity index (χ0v) is 19.1. The molecule has 1 atom stereocenters. The predicted molar refractivity (Wildman–Crippen MR) is 123 cm³/mol. The molecule has 0 unspecified atom stereocenters. The molecule has 182 valence electrons. The summed E-state index contributed by atoms with van der Waals surface area (Å²) < 4.78 is 20.8. The van der Waals surface area contributed by atoms with Crippen LogP contribution < -0.4 is 20.9 Å². The second kappa shape index (κ2) is 9.53. The Morgan fingerprint density at radius 1 is 1.20 bits per heavy atom. The van der Waals surface area contributed by atoms with Gasteiger partial charge in [0, 0.05) is 38.7 Å². The molecule has 0 spiro atoms. The molecule has 3 N–H and O–H groups in total. The first-order chi connectivity index (χ1) is 16.7. The summed E-state index contributed by atoms with van der Waals surface area (Å²) >= 11 is 0. The van der Waals surface area contributed by atoms with Crippen molar-refractivity contribution in [3.63, 3.8) is 0 Å². The van der Waals surface area contributed by atoms with E-state index in [1.54, 1.807) is 12.1 Å². The van der Waals surface area contributed by atoms with Crippen molar-refractivity contribution >= 4 is 28.6 Å². The lowest BCUT2D eigenvalue weighted by Crippen LogP contribution is -2.39. The number of nitrogens with zero attached hydrogens (tertiary/aromatic N) is 2. The van der Waals surface area contributed by atoms with E-state index in [0.29, 0.717) is 5.56 Å². The maximum Gasteiger partial charge on any atom is 0.287 e. The largest absolute Gasteiger partial charge is 0.505 e. The summed E-state index contributed by atoms with van der Waals surface area (Å²) in [5.74, 6) is -2.81. The summed E-state index contributed by atoms with van der Waals surface area (Å²) in [6.07, 6.45) is 1.09. The molecule has 11 heteroatoms. The van der Waals surface area contributed by atoms with Crippen molar-refractivity contribution < 1.29 is 28.6 Å². The Bertz CT molecular complexity index is 1400. The van der Waals surface area contributed by atoms with Crippen molar-refractivity contribution in [3.05, 3.63) is 63.3 Å². The first-order valence-electron chi connectivity index (χ1n) is 10.9. The highest BCUT2D eigenvalue weighted by molar-refractivity contribution is 6.36. The molecule has 0 bridgehead atoms. The Morgan fingerprint density at radius 2 is 1.91 bits per heavy atom. The molecule has 0 radical (unpaired) electrons. The van der Waals surface area contributed by atoms with E-state index in [4.69, 9.17) is 4.74 Å². The average molecular weight is 482 g/mol. The van der Waals surface area contributed by atoms with Crippen LogP contribution in [0.15, 0.2) is 35.3 Å². The van der Waals surface area contributed by atoms with Crippen molar-refractivity contribution in [3.8, 4) is 11.5 Å². The fraction of sp³-hybridized carbons (Fsp3) is 0.292. The minimum Gasteiger partial charge on any atom is -0.505 e. The number of aromatic hydroxyl groups is 1.